The fourth-order valence-electron chi connectivity index (χ4n) is 1.64. The maximum atomic E-state index is 11.3. The third-order valence-electron chi connectivity index (χ3n) is 2.51. The molecule has 0 saturated heterocycles. The summed E-state index contributed by atoms with van der Waals surface area (Å²) in [5.41, 5.74) is 0.962. The molecule has 7 nitrogen and oxygen atoms in total. The largest absolute Gasteiger partial charge is 0.466 e. The first-order valence-electron chi connectivity index (χ1n) is 5.95. The van der Waals surface area contributed by atoms with E-state index in [0.717, 1.165) is 0 Å². The van der Waals surface area contributed by atoms with Gasteiger partial charge in [0.1, 0.15) is 18.4 Å². The lowest BCUT2D eigenvalue weighted by molar-refractivity contribution is -0.384. The van der Waals surface area contributed by atoms with Gasteiger partial charge >= 0.3 is 5.97 Å². The normalized spacial score (nSPS) is 10.2. The molecule has 7 heteroatoms. The molecule has 2 rings (SSSR count). The summed E-state index contributed by atoms with van der Waals surface area (Å²) in [7, 11) is 0. The molecule has 20 heavy (non-hydrogen) atoms. The lowest BCUT2D eigenvalue weighted by atomic mass is 10.1. The van der Waals surface area contributed by atoms with Crippen LogP contribution in [0.5, 0.6) is 0 Å². The summed E-state index contributed by atoms with van der Waals surface area (Å²) >= 11 is 0. The number of carbonyl (C=O) groups excluding carboxylic acids is 1. The van der Waals surface area contributed by atoms with E-state index in [-0.39, 0.29) is 24.6 Å². The molecular formula is C13H12N2O5. The topological polar surface area (TPSA) is 95.5 Å². The van der Waals surface area contributed by atoms with Crippen molar-refractivity contribution in [3.05, 3.63) is 46.5 Å². The van der Waals surface area contributed by atoms with E-state index in [1.807, 2.05) is 0 Å². The van der Waals surface area contributed by atoms with E-state index >= 15 is 0 Å². The lowest BCUT2D eigenvalue weighted by Gasteiger charge is -1.97. The van der Waals surface area contributed by atoms with Crippen LogP contribution in [0, 0.1) is 10.1 Å². The highest BCUT2D eigenvalue weighted by Gasteiger charge is 2.13. The molecule has 0 aliphatic heterocycles. The zero-order valence-electron chi connectivity index (χ0n) is 10.7. The van der Waals surface area contributed by atoms with Gasteiger partial charge in [-0.15, -0.1) is 0 Å². The fourth-order valence-corrected chi connectivity index (χ4v) is 1.64. The van der Waals surface area contributed by atoms with Crippen molar-refractivity contribution < 1.29 is 18.9 Å². The van der Waals surface area contributed by atoms with Crippen LogP contribution in [-0.4, -0.2) is 22.5 Å². The Hall–Kier alpha value is -2.70. The van der Waals surface area contributed by atoms with Crippen LogP contribution >= 0.6 is 0 Å². The van der Waals surface area contributed by atoms with Gasteiger partial charge in [0.15, 0.2) is 0 Å². The van der Waals surface area contributed by atoms with Crippen LogP contribution in [0.4, 0.5) is 5.69 Å². The van der Waals surface area contributed by atoms with Gasteiger partial charge in [-0.3, -0.25) is 14.9 Å². The highest BCUT2D eigenvalue weighted by Crippen LogP contribution is 2.23. The van der Waals surface area contributed by atoms with Crippen molar-refractivity contribution in [2.45, 2.75) is 13.3 Å². The van der Waals surface area contributed by atoms with E-state index in [9.17, 15) is 14.9 Å². The number of esters is 1. The first-order chi connectivity index (χ1) is 9.60. The number of nitro groups is 1. The summed E-state index contributed by atoms with van der Waals surface area (Å²) in [4.78, 5) is 25.6. The highest BCUT2D eigenvalue weighted by molar-refractivity contribution is 5.71. The fraction of sp³-hybridized carbons (Fsp3) is 0.231. The third kappa shape index (κ3) is 3.19. The second kappa shape index (κ2) is 5.96. The Labute approximate surface area is 114 Å². The van der Waals surface area contributed by atoms with E-state index in [2.05, 4.69) is 4.98 Å². The number of ether oxygens (including phenoxy) is 1. The molecule has 1 aromatic heterocycles. The summed E-state index contributed by atoms with van der Waals surface area (Å²) in [6.45, 7) is 2.00. The van der Waals surface area contributed by atoms with Crippen LogP contribution in [0.25, 0.3) is 11.3 Å². The molecule has 0 N–H and O–H groups in total. The Balaban J connectivity index is 2.18. The second-order valence-corrected chi connectivity index (χ2v) is 3.92. The Bertz CT molecular complexity index is 635. The summed E-state index contributed by atoms with van der Waals surface area (Å²) in [6, 6.07) is 6.03. The van der Waals surface area contributed by atoms with E-state index in [1.54, 1.807) is 19.1 Å². The second-order valence-electron chi connectivity index (χ2n) is 3.92. The van der Waals surface area contributed by atoms with Crippen molar-refractivity contribution in [3.63, 3.8) is 0 Å². The third-order valence-corrected chi connectivity index (χ3v) is 2.51. The maximum absolute atomic E-state index is 11.3. The predicted octanol–water partition coefficient (Wildman–Crippen LogP) is 2.36. The quantitative estimate of drug-likeness (QED) is 0.472. The number of hydrogen-bond acceptors (Lipinski definition) is 6. The number of non-ortho nitro benzene ring substituents is 1. The molecule has 104 valence electrons. The summed E-state index contributed by atoms with van der Waals surface area (Å²) < 4.78 is 9.94. The minimum Gasteiger partial charge on any atom is -0.466 e. The van der Waals surface area contributed by atoms with E-state index in [1.165, 1.54) is 18.4 Å². The number of nitro benzene ring substituents is 1. The van der Waals surface area contributed by atoms with Crippen LogP contribution in [0.2, 0.25) is 0 Å². The zero-order chi connectivity index (χ0) is 14.5. The minimum atomic E-state index is -0.483. The van der Waals surface area contributed by atoms with Gasteiger partial charge in [-0.25, -0.2) is 4.98 Å². The molecule has 0 unspecified atom stereocenters. The van der Waals surface area contributed by atoms with Crippen molar-refractivity contribution in [1.29, 1.82) is 0 Å². The van der Waals surface area contributed by atoms with Gasteiger partial charge < -0.3 is 9.15 Å². The predicted molar refractivity (Wildman–Crippen MR) is 68.9 cm³/mol. The number of carbonyl (C=O) groups is 1. The lowest BCUT2D eigenvalue weighted by Crippen LogP contribution is -2.07. The minimum absolute atomic E-state index is 0.0301. The Morgan fingerprint density at radius 3 is 3.00 bits per heavy atom. The molecule has 0 aliphatic rings. The zero-order valence-corrected chi connectivity index (χ0v) is 10.7. The van der Waals surface area contributed by atoms with E-state index in [4.69, 9.17) is 9.15 Å². The number of aromatic nitrogens is 1. The van der Waals surface area contributed by atoms with Gasteiger partial charge in [0.05, 0.1) is 11.5 Å². The van der Waals surface area contributed by atoms with Gasteiger partial charge in [0, 0.05) is 17.7 Å². The van der Waals surface area contributed by atoms with Crippen molar-refractivity contribution in [1.82, 2.24) is 4.98 Å². The average molecular weight is 276 g/mol. The number of nitrogens with zero attached hydrogens (tertiary/aromatic N) is 2. The van der Waals surface area contributed by atoms with Gasteiger partial charge in [-0.1, -0.05) is 12.1 Å². The van der Waals surface area contributed by atoms with Crippen LogP contribution in [0.3, 0.4) is 0 Å². The SMILES string of the molecule is CCOC(=O)Cc1nc(-c2cccc([N+](=O)[O-])c2)co1. The van der Waals surface area contributed by atoms with Gasteiger partial charge in [-0.05, 0) is 6.92 Å². The first-order valence-corrected chi connectivity index (χ1v) is 5.95. The number of oxazole rings is 1. The van der Waals surface area contributed by atoms with Crippen molar-refractivity contribution in [2.75, 3.05) is 6.61 Å². The first kappa shape index (κ1) is 13.7. The molecule has 0 bridgehead atoms. The molecule has 2 aromatic rings. The molecule has 1 heterocycles. The van der Waals surface area contributed by atoms with Crippen LogP contribution in [-0.2, 0) is 16.0 Å². The van der Waals surface area contributed by atoms with Crippen molar-refractivity contribution >= 4 is 11.7 Å². The van der Waals surface area contributed by atoms with Crippen LogP contribution in [0.1, 0.15) is 12.8 Å². The van der Waals surface area contributed by atoms with Gasteiger partial charge in [0.25, 0.3) is 5.69 Å². The Morgan fingerprint density at radius 2 is 2.30 bits per heavy atom. The van der Waals surface area contributed by atoms with Gasteiger partial charge in [0.2, 0.25) is 5.89 Å². The Morgan fingerprint density at radius 1 is 1.50 bits per heavy atom. The molecule has 0 atom stereocenters. The molecular weight excluding hydrogens is 264 g/mol. The molecule has 0 amide bonds. The summed E-state index contributed by atoms with van der Waals surface area (Å²) in [6.07, 6.45) is 1.29. The maximum Gasteiger partial charge on any atom is 0.315 e. The van der Waals surface area contributed by atoms with Crippen molar-refractivity contribution in [3.8, 4) is 11.3 Å². The van der Waals surface area contributed by atoms with E-state index < -0.39 is 10.9 Å². The monoisotopic (exact) mass is 276 g/mol. The van der Waals surface area contributed by atoms with Gasteiger partial charge in [-0.2, -0.15) is 0 Å². The highest BCUT2D eigenvalue weighted by atomic mass is 16.6. The number of rotatable bonds is 5. The number of benzene rings is 1. The van der Waals surface area contributed by atoms with Crippen molar-refractivity contribution in [2.24, 2.45) is 0 Å². The summed E-state index contributed by atoms with van der Waals surface area (Å²) in [5, 5.41) is 10.7. The molecule has 0 spiro atoms. The number of hydrogen-bond donors (Lipinski definition) is 0. The van der Waals surface area contributed by atoms with E-state index in [0.29, 0.717) is 11.3 Å². The van der Waals surface area contributed by atoms with Crippen LogP contribution in [0.15, 0.2) is 34.9 Å². The average Bonchev–Trinajstić information content (AvgIpc) is 2.87. The Kier molecular flexibility index (Phi) is 4.09. The molecule has 0 radical (unpaired) electrons. The summed E-state index contributed by atoms with van der Waals surface area (Å²) in [5.74, 6) is -0.218. The standard InChI is InChI=1S/C13H12N2O5/c1-2-19-13(16)7-12-14-11(8-20-12)9-4-3-5-10(6-9)15(17)18/h3-6,8H,2,7H2,1H3. The smallest absolute Gasteiger partial charge is 0.315 e. The molecule has 0 fully saturated rings. The van der Waals surface area contributed by atoms with Crippen LogP contribution < -0.4 is 0 Å². The molecule has 0 saturated carbocycles. The molecule has 0 aliphatic carbocycles. The molecule has 1 aromatic carbocycles.